The first-order valence-electron chi connectivity index (χ1n) is 5.19. The summed E-state index contributed by atoms with van der Waals surface area (Å²) in [6.45, 7) is 0. The Morgan fingerprint density at radius 2 is 1.63 bits per heavy atom. The molecule has 0 aliphatic rings. The average Bonchev–Trinajstić information content (AvgIpc) is 2.37. The van der Waals surface area contributed by atoms with Gasteiger partial charge in [-0.05, 0) is 35.4 Å². The Labute approximate surface area is 109 Å². The lowest BCUT2D eigenvalue weighted by atomic mass is 10.0. The third-order valence-electron chi connectivity index (χ3n) is 2.56. The average molecular weight is 277 g/mol. The summed E-state index contributed by atoms with van der Waals surface area (Å²) in [5, 5.41) is 8.66. The highest BCUT2D eigenvalue weighted by Crippen LogP contribution is 2.24. The highest BCUT2D eigenvalue weighted by molar-refractivity contribution is 7.85. The van der Waals surface area contributed by atoms with E-state index in [1.807, 2.05) is 6.07 Å². The van der Waals surface area contributed by atoms with Crippen LogP contribution in [0.5, 0.6) is 0 Å². The summed E-state index contributed by atoms with van der Waals surface area (Å²) in [5.41, 5.74) is 1.56. The molecular formula is C13H8FNO3S. The van der Waals surface area contributed by atoms with E-state index in [1.54, 1.807) is 24.3 Å². The highest BCUT2D eigenvalue weighted by Gasteiger charge is 2.16. The van der Waals surface area contributed by atoms with Crippen LogP contribution in [0.2, 0.25) is 0 Å². The first-order valence-corrected chi connectivity index (χ1v) is 6.63. The maximum Gasteiger partial charge on any atom is 0.297 e. The van der Waals surface area contributed by atoms with Crippen LogP contribution >= 0.6 is 0 Å². The number of nitriles is 1. The predicted molar refractivity (Wildman–Crippen MR) is 66.4 cm³/mol. The van der Waals surface area contributed by atoms with Gasteiger partial charge in [-0.15, -0.1) is 0 Å². The second-order valence-electron chi connectivity index (χ2n) is 3.81. The zero-order valence-electron chi connectivity index (χ0n) is 9.54. The van der Waals surface area contributed by atoms with Crippen LogP contribution in [0.25, 0.3) is 11.1 Å². The standard InChI is InChI=1S/C13H8FNO3S/c14-12-7-11(5-6-13(12)19(16,17)18)10-3-1-9(8-15)2-4-10/h1-7H,(H,16,17,18). The van der Waals surface area contributed by atoms with Crippen molar-refractivity contribution < 1.29 is 17.4 Å². The number of hydrogen-bond donors (Lipinski definition) is 1. The van der Waals surface area contributed by atoms with Crippen LogP contribution < -0.4 is 0 Å². The van der Waals surface area contributed by atoms with Crippen molar-refractivity contribution in [3.63, 3.8) is 0 Å². The van der Waals surface area contributed by atoms with E-state index in [2.05, 4.69) is 0 Å². The summed E-state index contributed by atoms with van der Waals surface area (Å²) in [7, 11) is -4.56. The quantitative estimate of drug-likeness (QED) is 0.856. The van der Waals surface area contributed by atoms with E-state index in [0.717, 1.165) is 12.1 Å². The Morgan fingerprint density at radius 3 is 2.11 bits per heavy atom. The van der Waals surface area contributed by atoms with Gasteiger partial charge in [0.1, 0.15) is 10.7 Å². The summed E-state index contributed by atoms with van der Waals surface area (Å²) in [6.07, 6.45) is 0. The predicted octanol–water partition coefficient (Wildman–Crippen LogP) is 2.61. The molecule has 2 rings (SSSR count). The molecule has 6 heteroatoms. The number of halogens is 1. The van der Waals surface area contributed by atoms with Gasteiger partial charge in [0, 0.05) is 0 Å². The van der Waals surface area contributed by atoms with Gasteiger partial charge in [0.2, 0.25) is 0 Å². The fourth-order valence-corrected chi connectivity index (χ4v) is 2.17. The van der Waals surface area contributed by atoms with E-state index in [4.69, 9.17) is 9.81 Å². The molecule has 96 valence electrons. The lowest BCUT2D eigenvalue weighted by molar-refractivity contribution is 0.473. The number of benzene rings is 2. The maximum atomic E-state index is 13.6. The second-order valence-corrected chi connectivity index (χ2v) is 5.20. The normalized spacial score (nSPS) is 11.0. The summed E-state index contributed by atoms with van der Waals surface area (Å²) < 4.78 is 44.1. The summed E-state index contributed by atoms with van der Waals surface area (Å²) in [4.78, 5) is -0.759. The van der Waals surface area contributed by atoms with E-state index in [0.29, 0.717) is 16.7 Å². The molecule has 19 heavy (non-hydrogen) atoms. The van der Waals surface area contributed by atoms with Gasteiger partial charge in [-0.25, -0.2) is 4.39 Å². The summed E-state index contributed by atoms with van der Waals surface area (Å²) in [5.74, 6) is -1.02. The van der Waals surface area contributed by atoms with Crippen LogP contribution in [0.15, 0.2) is 47.4 Å². The molecule has 0 saturated heterocycles. The van der Waals surface area contributed by atoms with E-state index < -0.39 is 20.8 Å². The Morgan fingerprint density at radius 1 is 1.05 bits per heavy atom. The molecule has 0 aliphatic carbocycles. The van der Waals surface area contributed by atoms with Crippen molar-refractivity contribution in [2.75, 3.05) is 0 Å². The molecule has 0 atom stereocenters. The van der Waals surface area contributed by atoms with Gasteiger partial charge in [0.05, 0.1) is 11.6 Å². The van der Waals surface area contributed by atoms with Crippen molar-refractivity contribution in [1.29, 1.82) is 5.26 Å². The molecule has 0 fully saturated rings. The van der Waals surface area contributed by atoms with Crippen LogP contribution in [0.3, 0.4) is 0 Å². The van der Waals surface area contributed by atoms with E-state index in [9.17, 15) is 12.8 Å². The van der Waals surface area contributed by atoms with Crippen LogP contribution in [-0.4, -0.2) is 13.0 Å². The zero-order valence-corrected chi connectivity index (χ0v) is 10.4. The molecule has 2 aromatic rings. The molecule has 1 N–H and O–H groups in total. The molecule has 0 radical (unpaired) electrons. The number of nitrogens with zero attached hydrogens (tertiary/aromatic N) is 1. The Kier molecular flexibility index (Phi) is 3.34. The monoisotopic (exact) mass is 277 g/mol. The van der Waals surface area contributed by atoms with E-state index in [-0.39, 0.29) is 0 Å². The molecule has 4 nitrogen and oxygen atoms in total. The number of rotatable bonds is 2. The van der Waals surface area contributed by atoms with Gasteiger partial charge in [0.15, 0.2) is 0 Å². The van der Waals surface area contributed by atoms with Crippen LogP contribution in [0, 0.1) is 17.1 Å². The molecular weight excluding hydrogens is 269 g/mol. The third-order valence-corrected chi connectivity index (χ3v) is 3.44. The maximum absolute atomic E-state index is 13.6. The van der Waals surface area contributed by atoms with Crippen molar-refractivity contribution >= 4 is 10.1 Å². The van der Waals surface area contributed by atoms with Crippen molar-refractivity contribution in [2.24, 2.45) is 0 Å². The summed E-state index contributed by atoms with van der Waals surface area (Å²) >= 11 is 0. The minimum Gasteiger partial charge on any atom is -0.282 e. The van der Waals surface area contributed by atoms with E-state index in [1.165, 1.54) is 6.07 Å². The van der Waals surface area contributed by atoms with Crippen molar-refractivity contribution in [3.8, 4) is 17.2 Å². The molecule has 0 spiro atoms. The Bertz CT molecular complexity index is 761. The second kappa shape index (κ2) is 4.80. The van der Waals surface area contributed by atoms with Gasteiger partial charge in [0.25, 0.3) is 10.1 Å². The van der Waals surface area contributed by atoms with Gasteiger partial charge in [-0.1, -0.05) is 18.2 Å². The molecule has 0 heterocycles. The Balaban J connectivity index is 2.48. The topological polar surface area (TPSA) is 78.2 Å². The van der Waals surface area contributed by atoms with Crippen molar-refractivity contribution in [2.45, 2.75) is 4.90 Å². The van der Waals surface area contributed by atoms with Crippen molar-refractivity contribution in [1.82, 2.24) is 0 Å². The minimum absolute atomic E-state index is 0.453. The fourth-order valence-electron chi connectivity index (χ4n) is 1.63. The molecule has 0 saturated carbocycles. The zero-order chi connectivity index (χ0) is 14.0. The molecule has 2 aromatic carbocycles. The van der Waals surface area contributed by atoms with E-state index >= 15 is 0 Å². The highest BCUT2D eigenvalue weighted by atomic mass is 32.2. The molecule has 0 bridgehead atoms. The lowest BCUT2D eigenvalue weighted by Crippen LogP contribution is -2.01. The van der Waals surface area contributed by atoms with Gasteiger partial charge < -0.3 is 0 Å². The lowest BCUT2D eigenvalue weighted by Gasteiger charge is -2.04. The SMILES string of the molecule is N#Cc1ccc(-c2ccc(S(=O)(=O)O)c(F)c2)cc1. The molecule has 0 amide bonds. The number of hydrogen-bond acceptors (Lipinski definition) is 3. The minimum atomic E-state index is -4.56. The smallest absolute Gasteiger partial charge is 0.282 e. The van der Waals surface area contributed by atoms with Crippen LogP contribution in [-0.2, 0) is 10.1 Å². The van der Waals surface area contributed by atoms with Crippen LogP contribution in [0.4, 0.5) is 4.39 Å². The molecule has 0 aromatic heterocycles. The van der Waals surface area contributed by atoms with Gasteiger partial charge >= 0.3 is 0 Å². The third kappa shape index (κ3) is 2.78. The van der Waals surface area contributed by atoms with Crippen molar-refractivity contribution in [3.05, 3.63) is 53.8 Å². The first-order chi connectivity index (χ1) is 8.91. The van der Waals surface area contributed by atoms with Crippen LogP contribution in [0.1, 0.15) is 5.56 Å². The fraction of sp³-hybridized carbons (Fsp3) is 0. The first kappa shape index (κ1) is 13.2. The van der Waals surface area contributed by atoms with Gasteiger partial charge in [-0.3, -0.25) is 4.55 Å². The Hall–Kier alpha value is -2.23. The summed E-state index contributed by atoms with van der Waals surface area (Å²) in [6, 6.07) is 11.8. The van der Waals surface area contributed by atoms with Gasteiger partial charge in [-0.2, -0.15) is 13.7 Å². The molecule has 0 unspecified atom stereocenters. The molecule has 0 aliphatic heterocycles. The largest absolute Gasteiger partial charge is 0.297 e.